The zero-order valence-electron chi connectivity index (χ0n) is 20.1. The van der Waals surface area contributed by atoms with Crippen molar-refractivity contribution in [3.8, 4) is 0 Å². The predicted octanol–water partition coefficient (Wildman–Crippen LogP) is 5.22. The van der Waals surface area contributed by atoms with E-state index in [0.29, 0.717) is 34.2 Å². The lowest BCUT2D eigenvalue weighted by Crippen LogP contribution is -2.38. The number of allylic oxidation sites excluding steroid dienone is 1. The number of benzene rings is 2. The van der Waals surface area contributed by atoms with Gasteiger partial charge in [-0.15, -0.1) is 0 Å². The Morgan fingerprint density at radius 3 is 2.58 bits per heavy atom. The number of ether oxygens (including phenoxy) is 1. The summed E-state index contributed by atoms with van der Waals surface area (Å²) in [6.45, 7) is 4.31. The van der Waals surface area contributed by atoms with Crippen molar-refractivity contribution in [1.29, 1.82) is 0 Å². The van der Waals surface area contributed by atoms with Crippen LogP contribution in [-0.4, -0.2) is 29.3 Å². The maximum atomic E-state index is 13.2. The van der Waals surface area contributed by atoms with E-state index in [-0.39, 0.29) is 31.4 Å². The molecule has 0 fully saturated rings. The van der Waals surface area contributed by atoms with Crippen LogP contribution in [0, 0.1) is 0 Å². The first-order valence-electron chi connectivity index (χ1n) is 11.7. The number of halogens is 1. The number of amides is 2. The van der Waals surface area contributed by atoms with Gasteiger partial charge in [-0.25, -0.2) is 4.79 Å². The number of nitrogens with one attached hydrogen (secondary N) is 1. The highest BCUT2D eigenvalue weighted by Crippen LogP contribution is 2.38. The van der Waals surface area contributed by atoms with Crippen molar-refractivity contribution < 1.29 is 23.5 Å². The van der Waals surface area contributed by atoms with Crippen molar-refractivity contribution >= 4 is 29.4 Å². The third kappa shape index (κ3) is 5.69. The van der Waals surface area contributed by atoms with Crippen molar-refractivity contribution in [1.82, 2.24) is 10.2 Å². The molecule has 7 nitrogen and oxygen atoms in total. The first-order chi connectivity index (χ1) is 17.4. The normalized spacial score (nSPS) is 15.7. The van der Waals surface area contributed by atoms with Gasteiger partial charge in [0.15, 0.2) is 0 Å². The Balaban J connectivity index is 1.54. The monoisotopic (exact) mass is 506 g/mol. The van der Waals surface area contributed by atoms with Gasteiger partial charge in [-0.1, -0.05) is 35.9 Å². The summed E-state index contributed by atoms with van der Waals surface area (Å²) in [4.78, 5) is 40.2. The van der Waals surface area contributed by atoms with Crippen LogP contribution >= 0.6 is 11.6 Å². The Morgan fingerprint density at radius 2 is 1.92 bits per heavy atom. The van der Waals surface area contributed by atoms with E-state index in [0.717, 1.165) is 11.1 Å². The highest BCUT2D eigenvalue weighted by molar-refractivity contribution is 6.30. The molecular weight excluding hydrogens is 480 g/mol. The smallest absolute Gasteiger partial charge is 0.336 e. The van der Waals surface area contributed by atoms with Crippen LogP contribution in [0.1, 0.15) is 53.4 Å². The molecule has 0 saturated carbocycles. The molecule has 1 aliphatic heterocycles. The molecule has 186 valence electrons. The maximum Gasteiger partial charge on any atom is 0.336 e. The van der Waals surface area contributed by atoms with Crippen LogP contribution in [0.5, 0.6) is 0 Å². The van der Waals surface area contributed by atoms with Crippen LogP contribution in [-0.2, 0) is 27.4 Å². The van der Waals surface area contributed by atoms with Gasteiger partial charge in [-0.2, -0.15) is 0 Å². The third-order valence-electron chi connectivity index (χ3n) is 6.13. The van der Waals surface area contributed by atoms with Gasteiger partial charge in [0.05, 0.1) is 31.5 Å². The molecule has 1 aromatic heterocycles. The van der Waals surface area contributed by atoms with Crippen LogP contribution in [0.25, 0.3) is 0 Å². The number of furan rings is 1. The van der Waals surface area contributed by atoms with Gasteiger partial charge in [0.1, 0.15) is 5.76 Å². The van der Waals surface area contributed by atoms with Crippen LogP contribution in [0.4, 0.5) is 0 Å². The van der Waals surface area contributed by atoms with Gasteiger partial charge in [0.25, 0.3) is 5.91 Å². The average Bonchev–Trinajstić information content (AvgIpc) is 3.39. The molecule has 36 heavy (non-hydrogen) atoms. The second kappa shape index (κ2) is 11.3. The van der Waals surface area contributed by atoms with Crippen molar-refractivity contribution in [3.05, 3.63) is 106 Å². The lowest BCUT2D eigenvalue weighted by molar-refractivity contribution is -0.140. The third-order valence-corrected chi connectivity index (χ3v) is 6.36. The fraction of sp³-hybridized carbons (Fsp3) is 0.250. The maximum absolute atomic E-state index is 13.2. The minimum atomic E-state index is -0.443. The first-order valence-corrected chi connectivity index (χ1v) is 12.1. The van der Waals surface area contributed by atoms with Crippen LogP contribution < -0.4 is 5.32 Å². The van der Waals surface area contributed by atoms with E-state index in [4.69, 9.17) is 20.8 Å². The lowest BCUT2D eigenvalue weighted by atomic mass is 9.83. The zero-order chi connectivity index (χ0) is 25.7. The quantitative estimate of drug-likeness (QED) is 0.423. The second-order valence-electron chi connectivity index (χ2n) is 8.47. The van der Waals surface area contributed by atoms with Gasteiger partial charge in [-0.3, -0.25) is 9.59 Å². The van der Waals surface area contributed by atoms with Crippen molar-refractivity contribution in [2.75, 3.05) is 6.61 Å². The van der Waals surface area contributed by atoms with Crippen LogP contribution in [0.15, 0.2) is 82.6 Å². The molecule has 0 bridgehead atoms. The highest BCUT2D eigenvalue weighted by atomic mass is 35.5. The standard InChI is InChI=1S/C28H27ClN2O5/c1-3-35-28(34)26-18(2)31(25(32)15-24(26)21-6-4-7-22(29)14-21)17-19-9-11-20(12-10-19)27(33)30-16-23-8-5-13-36-23/h4-14,24H,3,15-17H2,1-2H3,(H,30,33). The van der Waals surface area contributed by atoms with E-state index < -0.39 is 11.9 Å². The van der Waals surface area contributed by atoms with Gasteiger partial charge in [0, 0.05) is 28.6 Å². The molecule has 1 unspecified atom stereocenters. The molecular formula is C28H27ClN2O5. The molecule has 1 aliphatic rings. The van der Waals surface area contributed by atoms with E-state index in [9.17, 15) is 14.4 Å². The Labute approximate surface area is 214 Å². The van der Waals surface area contributed by atoms with Crippen LogP contribution in [0.3, 0.4) is 0 Å². The molecule has 0 aliphatic carbocycles. The summed E-state index contributed by atoms with van der Waals surface area (Å²) in [6, 6.07) is 17.8. The lowest BCUT2D eigenvalue weighted by Gasteiger charge is -2.34. The van der Waals surface area contributed by atoms with Crippen molar-refractivity contribution in [2.24, 2.45) is 0 Å². The molecule has 2 aromatic carbocycles. The zero-order valence-corrected chi connectivity index (χ0v) is 20.9. The van der Waals surface area contributed by atoms with E-state index in [1.807, 2.05) is 6.07 Å². The molecule has 4 rings (SSSR count). The van der Waals surface area contributed by atoms with Gasteiger partial charge in [-0.05, 0) is 61.4 Å². The number of rotatable bonds is 8. The summed E-state index contributed by atoms with van der Waals surface area (Å²) < 4.78 is 10.6. The highest BCUT2D eigenvalue weighted by Gasteiger charge is 2.37. The second-order valence-corrected chi connectivity index (χ2v) is 8.91. The molecule has 2 heterocycles. The molecule has 1 N–H and O–H groups in total. The van der Waals surface area contributed by atoms with Crippen LogP contribution in [0.2, 0.25) is 5.02 Å². The summed E-state index contributed by atoms with van der Waals surface area (Å²) >= 11 is 6.18. The van der Waals surface area contributed by atoms with Crippen molar-refractivity contribution in [2.45, 2.75) is 39.3 Å². The Bertz CT molecular complexity index is 1280. The predicted molar refractivity (Wildman–Crippen MR) is 135 cm³/mol. The van der Waals surface area contributed by atoms with Gasteiger partial charge in [0.2, 0.25) is 5.91 Å². The summed E-state index contributed by atoms with van der Waals surface area (Å²) in [5, 5.41) is 3.34. The number of hydrogen-bond donors (Lipinski definition) is 1. The number of carbonyl (C=O) groups excluding carboxylic acids is 3. The number of esters is 1. The fourth-order valence-electron chi connectivity index (χ4n) is 4.31. The van der Waals surface area contributed by atoms with E-state index in [1.54, 1.807) is 79.6 Å². The topological polar surface area (TPSA) is 88.8 Å². The Hall–Kier alpha value is -3.84. The van der Waals surface area contributed by atoms with Gasteiger partial charge >= 0.3 is 5.97 Å². The minimum absolute atomic E-state index is 0.106. The summed E-state index contributed by atoms with van der Waals surface area (Å²) in [5.74, 6) is -0.546. The Morgan fingerprint density at radius 1 is 1.14 bits per heavy atom. The number of nitrogens with zero attached hydrogens (tertiary/aromatic N) is 1. The largest absolute Gasteiger partial charge is 0.467 e. The SMILES string of the molecule is CCOC(=O)C1=C(C)N(Cc2ccc(C(=O)NCc3ccco3)cc2)C(=O)CC1c1cccc(Cl)c1. The van der Waals surface area contributed by atoms with E-state index in [2.05, 4.69) is 5.32 Å². The summed E-state index contributed by atoms with van der Waals surface area (Å²) in [5.41, 5.74) is 3.12. The molecule has 1 atom stereocenters. The number of hydrogen-bond acceptors (Lipinski definition) is 5. The average molecular weight is 507 g/mol. The Kier molecular flexibility index (Phi) is 7.90. The summed E-state index contributed by atoms with van der Waals surface area (Å²) in [7, 11) is 0. The van der Waals surface area contributed by atoms with Crippen molar-refractivity contribution in [3.63, 3.8) is 0 Å². The fourth-order valence-corrected chi connectivity index (χ4v) is 4.51. The van der Waals surface area contributed by atoms with Gasteiger partial charge < -0.3 is 19.4 Å². The molecule has 2 amide bonds. The molecule has 3 aromatic rings. The number of carbonyl (C=O) groups is 3. The molecule has 0 saturated heterocycles. The van der Waals surface area contributed by atoms with E-state index in [1.165, 1.54) is 0 Å². The minimum Gasteiger partial charge on any atom is -0.467 e. The molecule has 0 radical (unpaired) electrons. The molecule has 8 heteroatoms. The van der Waals surface area contributed by atoms with E-state index >= 15 is 0 Å². The molecule has 0 spiro atoms. The summed E-state index contributed by atoms with van der Waals surface area (Å²) in [6.07, 6.45) is 1.68. The first kappa shape index (κ1) is 25.3.